The van der Waals surface area contributed by atoms with Crippen LogP contribution in [0.1, 0.15) is 61.6 Å². The van der Waals surface area contributed by atoms with E-state index >= 15 is 0 Å². The quantitative estimate of drug-likeness (QED) is 0.448. The molecule has 2 fully saturated rings. The van der Waals surface area contributed by atoms with E-state index in [0.29, 0.717) is 23.5 Å². The van der Waals surface area contributed by atoms with E-state index in [1.165, 1.54) is 35.4 Å². The van der Waals surface area contributed by atoms with Crippen molar-refractivity contribution in [3.8, 4) is 11.5 Å². The van der Waals surface area contributed by atoms with Crippen molar-refractivity contribution < 1.29 is 18.6 Å². The zero-order valence-corrected chi connectivity index (χ0v) is 18.2. The summed E-state index contributed by atoms with van der Waals surface area (Å²) in [7, 11) is 0. The molecule has 3 aliphatic carbocycles. The van der Waals surface area contributed by atoms with Gasteiger partial charge in [0.15, 0.2) is 0 Å². The van der Waals surface area contributed by atoms with Gasteiger partial charge in [0, 0.05) is 11.1 Å². The molecule has 6 heteroatoms. The number of benzene rings is 2. The van der Waals surface area contributed by atoms with Gasteiger partial charge in [0.1, 0.15) is 11.5 Å². The highest BCUT2D eigenvalue weighted by atomic mass is 19.3. The number of nitrogens with zero attached hydrogens (tertiary/aromatic N) is 2. The molecule has 0 aromatic heterocycles. The Morgan fingerprint density at radius 2 is 1.91 bits per heavy atom. The zero-order chi connectivity index (χ0) is 22.3. The maximum absolute atomic E-state index is 12.3. The fraction of sp³-hybridized carbons (Fsp3) is 0.462. The normalized spacial score (nSPS) is 30.4. The lowest BCUT2D eigenvalue weighted by molar-refractivity contribution is -0.0498. The third-order valence-electron chi connectivity index (χ3n) is 7.94. The number of aromatic hydroxyl groups is 1. The molecule has 0 amide bonds. The van der Waals surface area contributed by atoms with Crippen LogP contribution in [0.5, 0.6) is 11.5 Å². The molecule has 0 bridgehead atoms. The lowest BCUT2D eigenvalue weighted by atomic mass is 9.55. The van der Waals surface area contributed by atoms with E-state index in [0.717, 1.165) is 37.7 Å². The van der Waals surface area contributed by atoms with Gasteiger partial charge < -0.3 is 9.84 Å². The Hall–Kier alpha value is -2.76. The van der Waals surface area contributed by atoms with Crippen molar-refractivity contribution in [3.05, 3.63) is 59.2 Å². The summed E-state index contributed by atoms with van der Waals surface area (Å²) < 4.78 is 29.0. The maximum atomic E-state index is 12.3. The second-order valence-corrected chi connectivity index (χ2v) is 9.53. The van der Waals surface area contributed by atoms with Crippen molar-refractivity contribution >= 4 is 11.9 Å². The number of hydrogen-bond acceptors (Lipinski definition) is 4. The van der Waals surface area contributed by atoms with Crippen LogP contribution in [0, 0.1) is 17.3 Å². The lowest BCUT2D eigenvalue weighted by Crippen LogP contribution is -2.42. The van der Waals surface area contributed by atoms with Gasteiger partial charge in [-0.2, -0.15) is 19.0 Å². The van der Waals surface area contributed by atoms with Gasteiger partial charge >= 0.3 is 6.61 Å². The Morgan fingerprint density at radius 3 is 2.69 bits per heavy atom. The molecule has 2 aromatic carbocycles. The Labute approximate surface area is 187 Å². The summed E-state index contributed by atoms with van der Waals surface area (Å²) in [6.45, 7) is -0.463. The van der Waals surface area contributed by atoms with Gasteiger partial charge in [0.2, 0.25) is 0 Å². The first-order valence-electron chi connectivity index (χ1n) is 11.4. The summed E-state index contributed by atoms with van der Waals surface area (Å²) in [5, 5.41) is 18.8. The first-order valence-corrected chi connectivity index (χ1v) is 11.4. The van der Waals surface area contributed by atoms with E-state index in [1.54, 1.807) is 18.3 Å². The molecule has 2 aromatic rings. The second-order valence-electron chi connectivity index (χ2n) is 9.53. The zero-order valence-electron chi connectivity index (χ0n) is 18.2. The van der Waals surface area contributed by atoms with Crippen molar-refractivity contribution in [2.45, 2.75) is 58.0 Å². The standard InChI is InChI=1S/C26H28F2N2O2/c1-26-13-12-21-20-9-5-18(31)14-17(20)4-8-22(21)23(26)10-11-24(26)30-29-15-16-2-6-19(7-3-16)32-25(27)28/h2-3,5-7,9,14-15,21-23,25,31H,4,8,10-13H2,1H3/b29-15-,30-24-/t21-,22-,23-,26-/m0/s1. The number of aryl methyl sites for hydroxylation is 1. The molecule has 0 radical (unpaired) electrons. The van der Waals surface area contributed by atoms with Crippen molar-refractivity contribution in [2.75, 3.05) is 0 Å². The number of phenols is 1. The minimum atomic E-state index is -2.82. The number of rotatable bonds is 4. The van der Waals surface area contributed by atoms with Crippen LogP contribution in [0.3, 0.4) is 0 Å². The van der Waals surface area contributed by atoms with E-state index in [9.17, 15) is 13.9 Å². The molecule has 3 aliphatic rings. The number of alkyl halides is 2. The van der Waals surface area contributed by atoms with E-state index in [-0.39, 0.29) is 11.2 Å². The van der Waals surface area contributed by atoms with Crippen LogP contribution in [0.4, 0.5) is 8.78 Å². The molecular weight excluding hydrogens is 410 g/mol. The summed E-state index contributed by atoms with van der Waals surface area (Å²) in [6, 6.07) is 12.3. The molecular formula is C26H28F2N2O2. The predicted octanol–water partition coefficient (Wildman–Crippen LogP) is 6.32. The van der Waals surface area contributed by atoms with Gasteiger partial charge in [0.05, 0.1) is 6.21 Å². The SMILES string of the molecule is C[C@]12CC[C@H]3c4ccc(O)cc4CC[C@@H]3[C@@H]1CC/C2=N/N=C\c1ccc(OC(F)F)cc1. The molecule has 0 unspecified atom stereocenters. The van der Waals surface area contributed by atoms with Crippen LogP contribution >= 0.6 is 0 Å². The topological polar surface area (TPSA) is 54.2 Å². The van der Waals surface area contributed by atoms with Crippen LogP contribution in [0.2, 0.25) is 0 Å². The lowest BCUT2D eigenvalue weighted by Gasteiger charge is -2.49. The van der Waals surface area contributed by atoms with Gasteiger partial charge in [-0.15, -0.1) is 0 Å². The highest BCUT2D eigenvalue weighted by Gasteiger charge is 2.53. The maximum Gasteiger partial charge on any atom is 0.387 e. The van der Waals surface area contributed by atoms with Crippen molar-refractivity contribution in [2.24, 2.45) is 27.5 Å². The fourth-order valence-corrected chi connectivity index (χ4v) is 6.42. The number of phenolic OH excluding ortho intramolecular Hbond substituents is 1. The van der Waals surface area contributed by atoms with E-state index in [4.69, 9.17) is 0 Å². The molecule has 4 atom stereocenters. The molecule has 4 nitrogen and oxygen atoms in total. The Morgan fingerprint density at radius 1 is 1.09 bits per heavy atom. The fourth-order valence-electron chi connectivity index (χ4n) is 6.42. The molecule has 0 spiro atoms. The van der Waals surface area contributed by atoms with Crippen molar-refractivity contribution in [3.63, 3.8) is 0 Å². The summed E-state index contributed by atoms with van der Waals surface area (Å²) in [4.78, 5) is 0. The summed E-state index contributed by atoms with van der Waals surface area (Å²) in [6.07, 6.45) is 8.25. The molecule has 1 N–H and O–H groups in total. The summed E-state index contributed by atoms with van der Waals surface area (Å²) in [5.41, 5.74) is 4.82. The van der Waals surface area contributed by atoms with Crippen LogP contribution in [0.15, 0.2) is 52.7 Å². The molecule has 2 saturated carbocycles. The van der Waals surface area contributed by atoms with Gasteiger partial charge in [-0.05, 0) is 109 Å². The Balaban J connectivity index is 1.31. The predicted molar refractivity (Wildman–Crippen MR) is 121 cm³/mol. The van der Waals surface area contributed by atoms with Crippen LogP contribution in [-0.2, 0) is 6.42 Å². The minimum Gasteiger partial charge on any atom is -0.508 e. The van der Waals surface area contributed by atoms with E-state index in [1.807, 2.05) is 12.1 Å². The monoisotopic (exact) mass is 438 g/mol. The van der Waals surface area contributed by atoms with E-state index in [2.05, 4.69) is 27.9 Å². The Bertz CT molecular complexity index is 1050. The average molecular weight is 439 g/mol. The van der Waals surface area contributed by atoms with Gasteiger partial charge in [-0.1, -0.05) is 13.0 Å². The third kappa shape index (κ3) is 3.80. The molecule has 5 rings (SSSR count). The minimum absolute atomic E-state index is 0.0852. The Kier molecular flexibility index (Phi) is 5.48. The van der Waals surface area contributed by atoms with Gasteiger partial charge in [0.25, 0.3) is 0 Å². The van der Waals surface area contributed by atoms with Crippen LogP contribution in [0.25, 0.3) is 0 Å². The summed E-state index contributed by atoms with van der Waals surface area (Å²) >= 11 is 0. The summed E-state index contributed by atoms with van der Waals surface area (Å²) in [5.74, 6) is 2.35. The smallest absolute Gasteiger partial charge is 0.387 e. The molecule has 32 heavy (non-hydrogen) atoms. The van der Waals surface area contributed by atoms with Crippen LogP contribution in [-0.4, -0.2) is 23.6 Å². The number of fused-ring (bicyclic) bond motifs is 5. The van der Waals surface area contributed by atoms with Crippen LogP contribution < -0.4 is 4.74 Å². The number of ether oxygens (including phenoxy) is 1. The third-order valence-corrected chi connectivity index (χ3v) is 7.94. The first kappa shape index (κ1) is 21.1. The highest BCUT2D eigenvalue weighted by Crippen LogP contribution is 2.60. The van der Waals surface area contributed by atoms with E-state index < -0.39 is 6.61 Å². The molecule has 0 saturated heterocycles. The number of halogens is 2. The number of hydrogen-bond donors (Lipinski definition) is 1. The molecule has 0 heterocycles. The molecule has 168 valence electrons. The van der Waals surface area contributed by atoms with Gasteiger partial charge in [-0.3, -0.25) is 0 Å². The van der Waals surface area contributed by atoms with Gasteiger partial charge in [-0.25, -0.2) is 0 Å². The van der Waals surface area contributed by atoms with Crippen molar-refractivity contribution in [1.82, 2.24) is 0 Å². The average Bonchev–Trinajstić information content (AvgIpc) is 3.10. The van der Waals surface area contributed by atoms with Crippen molar-refractivity contribution in [1.29, 1.82) is 0 Å². The first-order chi connectivity index (χ1) is 15.4. The highest BCUT2D eigenvalue weighted by molar-refractivity contribution is 5.93. The molecule has 0 aliphatic heterocycles. The largest absolute Gasteiger partial charge is 0.508 e. The second kappa shape index (κ2) is 8.30.